The van der Waals surface area contributed by atoms with Crippen LogP contribution in [0.4, 0.5) is 0 Å². The normalized spacial score (nSPS) is 11.1. The first-order valence-electron chi connectivity index (χ1n) is 7.99. The fraction of sp³-hybridized carbons (Fsp3) is 0.158. The van der Waals surface area contributed by atoms with Gasteiger partial charge in [0.1, 0.15) is 11.5 Å². The molecule has 0 fully saturated rings. The second-order valence-electron chi connectivity index (χ2n) is 5.75. The second kappa shape index (κ2) is 9.00. The van der Waals surface area contributed by atoms with Crippen molar-refractivity contribution in [2.24, 2.45) is 5.14 Å². The molecule has 0 bridgehead atoms. The fourth-order valence-electron chi connectivity index (χ4n) is 2.52. The largest absolute Gasteiger partial charge is 1.00 e. The third kappa shape index (κ3) is 5.44. The average Bonchev–Trinajstić information content (AvgIpc) is 3.08. The zero-order chi connectivity index (χ0) is 17.7. The van der Waals surface area contributed by atoms with Crippen LogP contribution in [0, 0.1) is 0 Å². The molecule has 0 saturated heterocycles. The Morgan fingerprint density at radius 1 is 0.923 bits per heavy atom. The van der Waals surface area contributed by atoms with E-state index in [-0.39, 0.29) is 17.3 Å². The molecule has 0 amide bonds. The minimum absolute atomic E-state index is 0. The summed E-state index contributed by atoms with van der Waals surface area (Å²) in [5.74, 6) is 1.74. The molecule has 0 atom stereocenters. The smallest absolute Gasteiger partial charge is 0.238 e. The summed E-state index contributed by atoms with van der Waals surface area (Å²) >= 11 is 0. The number of halogens is 1. The lowest BCUT2D eigenvalue weighted by atomic mass is 10.1. The minimum Gasteiger partial charge on any atom is -1.00 e. The quantitative estimate of drug-likeness (QED) is 0.552. The molecule has 1 heterocycles. The maximum atomic E-state index is 11.2. The SMILES string of the molecule is NS(=O)(=O)c1ccc(CCNCc2ccc(-c3ccccc3)o2)cc1.[Cl-]. The van der Waals surface area contributed by atoms with Gasteiger partial charge in [0.05, 0.1) is 11.4 Å². The van der Waals surface area contributed by atoms with E-state index in [2.05, 4.69) is 5.32 Å². The number of primary sulfonamides is 1. The van der Waals surface area contributed by atoms with E-state index in [1.807, 2.05) is 42.5 Å². The molecule has 0 spiro atoms. The lowest BCUT2D eigenvalue weighted by molar-refractivity contribution is -0.00000823. The third-order valence-electron chi connectivity index (χ3n) is 3.86. The van der Waals surface area contributed by atoms with Crippen molar-refractivity contribution in [3.63, 3.8) is 0 Å². The number of benzene rings is 2. The van der Waals surface area contributed by atoms with Gasteiger partial charge in [0.25, 0.3) is 0 Å². The van der Waals surface area contributed by atoms with Gasteiger partial charge in [-0.05, 0) is 42.8 Å². The van der Waals surface area contributed by atoms with Crippen LogP contribution in [0.3, 0.4) is 0 Å². The van der Waals surface area contributed by atoms with Crippen LogP contribution in [0.1, 0.15) is 11.3 Å². The topological polar surface area (TPSA) is 85.3 Å². The molecule has 7 heteroatoms. The number of nitrogens with two attached hydrogens (primary N) is 1. The monoisotopic (exact) mass is 391 g/mol. The predicted molar refractivity (Wildman–Crippen MR) is 97.4 cm³/mol. The Hall–Kier alpha value is -2.12. The Kier molecular flexibility index (Phi) is 6.99. The highest BCUT2D eigenvalue weighted by atomic mass is 35.5. The van der Waals surface area contributed by atoms with Crippen LogP contribution in [-0.2, 0) is 23.0 Å². The van der Waals surface area contributed by atoms with Crippen molar-refractivity contribution in [3.8, 4) is 11.3 Å². The molecule has 0 saturated carbocycles. The van der Waals surface area contributed by atoms with Gasteiger partial charge in [-0.25, -0.2) is 13.6 Å². The molecule has 3 N–H and O–H groups in total. The molecule has 2 aromatic carbocycles. The third-order valence-corrected chi connectivity index (χ3v) is 4.79. The van der Waals surface area contributed by atoms with Crippen molar-refractivity contribution >= 4 is 10.0 Å². The fourth-order valence-corrected chi connectivity index (χ4v) is 3.04. The summed E-state index contributed by atoms with van der Waals surface area (Å²) in [4.78, 5) is 0.133. The van der Waals surface area contributed by atoms with Crippen molar-refractivity contribution in [2.45, 2.75) is 17.9 Å². The summed E-state index contributed by atoms with van der Waals surface area (Å²) in [5, 5.41) is 8.41. The van der Waals surface area contributed by atoms with E-state index in [0.717, 1.165) is 35.6 Å². The van der Waals surface area contributed by atoms with Crippen molar-refractivity contribution in [1.29, 1.82) is 0 Å². The molecule has 0 radical (unpaired) electrons. The van der Waals surface area contributed by atoms with Crippen LogP contribution >= 0.6 is 0 Å². The number of rotatable bonds is 7. The maximum absolute atomic E-state index is 11.2. The Labute approximate surface area is 159 Å². The molecule has 3 aromatic rings. The lowest BCUT2D eigenvalue weighted by Gasteiger charge is -2.04. The van der Waals surface area contributed by atoms with Gasteiger partial charge in [-0.2, -0.15) is 0 Å². The van der Waals surface area contributed by atoms with Crippen LogP contribution < -0.4 is 22.9 Å². The Bertz CT molecular complexity index is 923. The molecule has 5 nitrogen and oxygen atoms in total. The Morgan fingerprint density at radius 2 is 1.62 bits per heavy atom. The average molecular weight is 392 g/mol. The van der Waals surface area contributed by atoms with Crippen molar-refractivity contribution in [2.75, 3.05) is 6.54 Å². The first kappa shape index (κ1) is 20.2. The van der Waals surface area contributed by atoms with Crippen LogP contribution in [0.25, 0.3) is 11.3 Å². The van der Waals surface area contributed by atoms with E-state index >= 15 is 0 Å². The van der Waals surface area contributed by atoms with E-state index in [4.69, 9.17) is 9.56 Å². The van der Waals surface area contributed by atoms with Crippen molar-refractivity contribution in [1.82, 2.24) is 5.32 Å². The first-order valence-corrected chi connectivity index (χ1v) is 9.53. The summed E-state index contributed by atoms with van der Waals surface area (Å²) in [6.07, 6.45) is 0.789. The number of sulfonamides is 1. The van der Waals surface area contributed by atoms with Crippen LogP contribution in [0.5, 0.6) is 0 Å². The Balaban J connectivity index is 0.00000243. The highest BCUT2D eigenvalue weighted by molar-refractivity contribution is 7.89. The van der Waals surface area contributed by atoms with Gasteiger partial charge in [0.15, 0.2) is 0 Å². The minimum atomic E-state index is -3.63. The van der Waals surface area contributed by atoms with E-state index < -0.39 is 10.0 Å². The highest BCUT2D eigenvalue weighted by Gasteiger charge is 2.07. The second-order valence-corrected chi connectivity index (χ2v) is 7.31. The summed E-state index contributed by atoms with van der Waals surface area (Å²) < 4.78 is 28.3. The van der Waals surface area contributed by atoms with E-state index in [9.17, 15) is 8.42 Å². The molecule has 138 valence electrons. The van der Waals surface area contributed by atoms with Crippen molar-refractivity contribution in [3.05, 3.63) is 78.1 Å². The van der Waals surface area contributed by atoms with E-state index in [1.54, 1.807) is 12.1 Å². The van der Waals surface area contributed by atoms with Gasteiger partial charge in [-0.15, -0.1) is 0 Å². The summed E-state index contributed by atoms with van der Waals surface area (Å²) in [7, 11) is -3.63. The maximum Gasteiger partial charge on any atom is 0.238 e. The van der Waals surface area contributed by atoms with E-state index in [0.29, 0.717) is 6.54 Å². The number of furan rings is 1. The molecular formula is C19H20ClN2O3S-. The van der Waals surface area contributed by atoms with Gasteiger partial charge < -0.3 is 22.1 Å². The van der Waals surface area contributed by atoms with E-state index in [1.165, 1.54) is 12.1 Å². The molecule has 0 aliphatic carbocycles. The standard InChI is InChI=1S/C19H20N2O3S.ClH/c20-25(22,23)18-9-6-15(7-10-18)12-13-21-14-17-8-11-19(24-17)16-4-2-1-3-5-16;/h1-11,21H,12-14H2,(H2,20,22,23);1H/p-1. The summed E-state index contributed by atoms with van der Waals surface area (Å²) in [6.45, 7) is 1.40. The molecule has 0 aliphatic rings. The van der Waals surface area contributed by atoms with Gasteiger partial charge in [-0.1, -0.05) is 42.5 Å². The van der Waals surface area contributed by atoms with Gasteiger partial charge >= 0.3 is 0 Å². The van der Waals surface area contributed by atoms with Crippen molar-refractivity contribution < 1.29 is 25.2 Å². The number of nitrogens with one attached hydrogen (secondary N) is 1. The van der Waals surface area contributed by atoms with Gasteiger partial charge in [0.2, 0.25) is 10.0 Å². The lowest BCUT2D eigenvalue weighted by Crippen LogP contribution is -3.00. The van der Waals surface area contributed by atoms with Crippen LogP contribution in [0.2, 0.25) is 0 Å². The van der Waals surface area contributed by atoms with Gasteiger partial charge in [-0.3, -0.25) is 0 Å². The van der Waals surface area contributed by atoms with Gasteiger partial charge in [0, 0.05) is 5.56 Å². The van der Waals surface area contributed by atoms with Crippen LogP contribution in [-0.4, -0.2) is 15.0 Å². The molecule has 0 unspecified atom stereocenters. The molecule has 3 rings (SSSR count). The molecule has 26 heavy (non-hydrogen) atoms. The molecule has 1 aromatic heterocycles. The zero-order valence-corrected chi connectivity index (χ0v) is 15.6. The number of hydrogen-bond acceptors (Lipinski definition) is 4. The number of hydrogen-bond donors (Lipinski definition) is 2. The summed E-state index contributed by atoms with van der Waals surface area (Å²) in [6, 6.07) is 20.5. The molecule has 0 aliphatic heterocycles. The molecular weight excluding hydrogens is 372 g/mol. The zero-order valence-electron chi connectivity index (χ0n) is 14.1. The summed E-state index contributed by atoms with van der Waals surface area (Å²) in [5.41, 5.74) is 2.10. The highest BCUT2D eigenvalue weighted by Crippen LogP contribution is 2.21. The predicted octanol–water partition coefficient (Wildman–Crippen LogP) is -0.0697. The van der Waals surface area contributed by atoms with Crippen LogP contribution in [0.15, 0.2) is 76.0 Å². The Morgan fingerprint density at radius 3 is 2.27 bits per heavy atom. The first-order chi connectivity index (χ1) is 12.0.